The summed E-state index contributed by atoms with van der Waals surface area (Å²) < 4.78 is 0. The van der Waals surface area contributed by atoms with Crippen molar-refractivity contribution < 1.29 is 0 Å². The molecule has 0 amide bonds. The van der Waals surface area contributed by atoms with Crippen molar-refractivity contribution >= 4 is 5.69 Å². The van der Waals surface area contributed by atoms with Crippen LogP contribution >= 0.6 is 0 Å². The summed E-state index contributed by atoms with van der Waals surface area (Å²) in [7, 11) is 4.17. The van der Waals surface area contributed by atoms with E-state index in [9.17, 15) is 0 Å². The SMILES string of the molecule is CCC(C)(C)N(C)c1ccc(CNC)cc1C. The van der Waals surface area contributed by atoms with Crippen LogP contribution in [-0.4, -0.2) is 19.6 Å². The lowest BCUT2D eigenvalue weighted by Gasteiger charge is -2.37. The minimum atomic E-state index is 0.204. The largest absolute Gasteiger partial charge is 0.369 e. The second-order valence-corrected chi connectivity index (χ2v) is 5.38. The molecule has 0 aromatic heterocycles. The van der Waals surface area contributed by atoms with Gasteiger partial charge in [0.1, 0.15) is 0 Å². The van der Waals surface area contributed by atoms with Crippen LogP contribution in [0.15, 0.2) is 18.2 Å². The highest BCUT2D eigenvalue weighted by Crippen LogP contribution is 2.28. The predicted molar refractivity (Wildman–Crippen MR) is 76.7 cm³/mol. The third-order valence-electron chi connectivity index (χ3n) is 3.78. The molecule has 1 N–H and O–H groups in total. The molecule has 96 valence electrons. The Hall–Kier alpha value is -1.02. The summed E-state index contributed by atoms with van der Waals surface area (Å²) in [6.07, 6.45) is 1.14. The maximum absolute atomic E-state index is 3.19. The van der Waals surface area contributed by atoms with E-state index in [0.29, 0.717) is 0 Å². The molecule has 2 nitrogen and oxygen atoms in total. The third-order valence-corrected chi connectivity index (χ3v) is 3.78. The molecule has 1 rings (SSSR count). The van der Waals surface area contributed by atoms with Crippen molar-refractivity contribution in [1.82, 2.24) is 5.32 Å². The van der Waals surface area contributed by atoms with Gasteiger partial charge in [-0.15, -0.1) is 0 Å². The lowest BCUT2D eigenvalue weighted by molar-refractivity contribution is 0.470. The summed E-state index contributed by atoms with van der Waals surface area (Å²) in [6.45, 7) is 9.93. The molecule has 1 aromatic rings. The van der Waals surface area contributed by atoms with Crippen molar-refractivity contribution in [2.24, 2.45) is 0 Å². The smallest absolute Gasteiger partial charge is 0.0397 e. The van der Waals surface area contributed by atoms with Gasteiger partial charge < -0.3 is 10.2 Å². The van der Waals surface area contributed by atoms with E-state index >= 15 is 0 Å². The van der Waals surface area contributed by atoms with Crippen molar-refractivity contribution in [1.29, 1.82) is 0 Å². The third kappa shape index (κ3) is 3.22. The minimum Gasteiger partial charge on any atom is -0.369 e. The number of nitrogens with one attached hydrogen (secondary N) is 1. The van der Waals surface area contributed by atoms with E-state index in [1.165, 1.54) is 16.8 Å². The monoisotopic (exact) mass is 234 g/mol. The summed E-state index contributed by atoms with van der Waals surface area (Å²) in [5.41, 5.74) is 4.23. The Kier molecular flexibility index (Phi) is 4.58. The molecule has 0 unspecified atom stereocenters. The van der Waals surface area contributed by atoms with Gasteiger partial charge in [0.25, 0.3) is 0 Å². The van der Waals surface area contributed by atoms with Crippen LogP contribution in [0.2, 0.25) is 0 Å². The maximum atomic E-state index is 3.19. The van der Waals surface area contributed by atoms with Gasteiger partial charge in [0.05, 0.1) is 0 Å². The summed E-state index contributed by atoms with van der Waals surface area (Å²) in [4.78, 5) is 2.38. The molecule has 0 heterocycles. The van der Waals surface area contributed by atoms with E-state index in [-0.39, 0.29) is 5.54 Å². The Bertz CT molecular complexity index is 369. The lowest BCUT2D eigenvalue weighted by Crippen LogP contribution is -2.40. The van der Waals surface area contributed by atoms with Gasteiger partial charge in [-0.3, -0.25) is 0 Å². The zero-order chi connectivity index (χ0) is 13.1. The number of hydrogen-bond acceptors (Lipinski definition) is 2. The first-order valence-corrected chi connectivity index (χ1v) is 6.40. The highest BCUT2D eigenvalue weighted by molar-refractivity contribution is 5.55. The topological polar surface area (TPSA) is 15.3 Å². The first kappa shape index (κ1) is 14.0. The number of aryl methyl sites for hydroxylation is 1. The van der Waals surface area contributed by atoms with Gasteiger partial charge >= 0.3 is 0 Å². The van der Waals surface area contributed by atoms with Crippen molar-refractivity contribution in [3.05, 3.63) is 29.3 Å². The van der Waals surface area contributed by atoms with Gasteiger partial charge in [0.2, 0.25) is 0 Å². The van der Waals surface area contributed by atoms with E-state index in [0.717, 1.165) is 13.0 Å². The number of nitrogens with zero attached hydrogens (tertiary/aromatic N) is 1. The van der Waals surface area contributed by atoms with E-state index in [1.807, 2.05) is 7.05 Å². The zero-order valence-electron chi connectivity index (χ0n) is 12.1. The van der Waals surface area contributed by atoms with Crippen LogP contribution in [0.4, 0.5) is 5.69 Å². The van der Waals surface area contributed by atoms with E-state index in [4.69, 9.17) is 0 Å². The maximum Gasteiger partial charge on any atom is 0.0397 e. The van der Waals surface area contributed by atoms with Gasteiger partial charge in [-0.25, -0.2) is 0 Å². The second-order valence-electron chi connectivity index (χ2n) is 5.38. The molecule has 0 bridgehead atoms. The lowest BCUT2D eigenvalue weighted by atomic mass is 9.97. The normalized spacial score (nSPS) is 11.6. The molecule has 0 atom stereocenters. The zero-order valence-corrected chi connectivity index (χ0v) is 12.1. The highest BCUT2D eigenvalue weighted by atomic mass is 15.2. The fourth-order valence-electron chi connectivity index (χ4n) is 1.97. The molecule has 0 aliphatic heterocycles. The average Bonchev–Trinajstić information content (AvgIpc) is 2.29. The van der Waals surface area contributed by atoms with Crippen molar-refractivity contribution in [2.75, 3.05) is 19.0 Å². The van der Waals surface area contributed by atoms with Crippen LogP contribution in [0.3, 0.4) is 0 Å². The van der Waals surface area contributed by atoms with Crippen LogP contribution in [-0.2, 0) is 6.54 Å². The summed E-state index contributed by atoms with van der Waals surface area (Å²) >= 11 is 0. The molecule has 0 spiro atoms. The van der Waals surface area contributed by atoms with Crippen LogP contribution in [0, 0.1) is 6.92 Å². The van der Waals surface area contributed by atoms with E-state index in [1.54, 1.807) is 0 Å². The van der Waals surface area contributed by atoms with Crippen LogP contribution in [0.5, 0.6) is 0 Å². The number of hydrogen-bond donors (Lipinski definition) is 1. The van der Waals surface area contributed by atoms with E-state index in [2.05, 4.69) is 63.2 Å². The molecule has 0 saturated heterocycles. The van der Waals surface area contributed by atoms with Gasteiger partial charge in [0.15, 0.2) is 0 Å². The minimum absolute atomic E-state index is 0.204. The highest BCUT2D eigenvalue weighted by Gasteiger charge is 2.22. The Morgan fingerprint density at radius 1 is 1.29 bits per heavy atom. The van der Waals surface area contributed by atoms with E-state index < -0.39 is 0 Å². The number of rotatable bonds is 5. The molecule has 1 aromatic carbocycles. The summed E-state index contributed by atoms with van der Waals surface area (Å²) in [5, 5.41) is 3.19. The molecular weight excluding hydrogens is 208 g/mol. The molecule has 17 heavy (non-hydrogen) atoms. The predicted octanol–water partition coefficient (Wildman–Crippen LogP) is 3.34. The van der Waals surface area contributed by atoms with Crippen molar-refractivity contribution in [2.45, 2.75) is 46.2 Å². The Morgan fingerprint density at radius 3 is 2.41 bits per heavy atom. The summed E-state index contributed by atoms with van der Waals surface area (Å²) in [6, 6.07) is 6.72. The molecule has 2 heteroatoms. The van der Waals surface area contributed by atoms with Gasteiger partial charge in [-0.2, -0.15) is 0 Å². The number of benzene rings is 1. The van der Waals surface area contributed by atoms with Gasteiger partial charge in [-0.1, -0.05) is 19.1 Å². The van der Waals surface area contributed by atoms with Gasteiger partial charge in [-0.05, 0) is 51.4 Å². The average molecular weight is 234 g/mol. The molecular formula is C15H26N2. The Morgan fingerprint density at radius 2 is 1.94 bits per heavy atom. The molecule has 0 aliphatic rings. The summed E-state index contributed by atoms with van der Waals surface area (Å²) in [5.74, 6) is 0. The van der Waals surface area contributed by atoms with Crippen LogP contribution in [0.25, 0.3) is 0 Å². The molecule has 0 aliphatic carbocycles. The van der Waals surface area contributed by atoms with Gasteiger partial charge in [0, 0.05) is 24.8 Å². The molecule has 0 fully saturated rings. The first-order valence-electron chi connectivity index (χ1n) is 6.40. The Labute approximate surface area is 106 Å². The quantitative estimate of drug-likeness (QED) is 0.840. The molecule has 0 radical (unpaired) electrons. The second kappa shape index (κ2) is 5.54. The van der Waals surface area contributed by atoms with Crippen molar-refractivity contribution in [3.8, 4) is 0 Å². The first-order chi connectivity index (χ1) is 7.92. The standard InChI is InChI=1S/C15H26N2/c1-7-15(3,4)17(6)14-9-8-13(11-16-5)10-12(14)2/h8-10,16H,7,11H2,1-6H3. The molecule has 0 saturated carbocycles. The Balaban J connectivity index is 2.99. The van der Waals surface area contributed by atoms with Crippen LogP contribution in [0.1, 0.15) is 38.3 Å². The fourth-order valence-corrected chi connectivity index (χ4v) is 1.97. The van der Waals surface area contributed by atoms with Crippen LogP contribution < -0.4 is 10.2 Å². The fraction of sp³-hybridized carbons (Fsp3) is 0.600. The number of anilines is 1. The van der Waals surface area contributed by atoms with Crippen molar-refractivity contribution in [3.63, 3.8) is 0 Å².